The summed E-state index contributed by atoms with van der Waals surface area (Å²) < 4.78 is 0.646. The van der Waals surface area contributed by atoms with E-state index in [1.165, 1.54) is 18.3 Å². The lowest BCUT2D eigenvalue weighted by Gasteiger charge is -2.07. The molecule has 2 N–H and O–H groups in total. The Labute approximate surface area is 117 Å². The molecule has 19 heavy (non-hydrogen) atoms. The molecule has 0 radical (unpaired) electrons. The van der Waals surface area contributed by atoms with Crippen LogP contribution in [0.4, 0.5) is 11.4 Å². The van der Waals surface area contributed by atoms with Crippen LogP contribution in [-0.4, -0.2) is 15.0 Å². The molecular formula is C12H10BrN3O3. The van der Waals surface area contributed by atoms with E-state index in [-0.39, 0.29) is 11.4 Å². The molecule has 7 heteroatoms. The third-order valence-electron chi connectivity index (χ3n) is 2.43. The van der Waals surface area contributed by atoms with Gasteiger partial charge in [0.15, 0.2) is 0 Å². The molecule has 0 fully saturated rings. The summed E-state index contributed by atoms with van der Waals surface area (Å²) in [5, 5.41) is 23.0. The van der Waals surface area contributed by atoms with Crippen molar-refractivity contribution in [2.75, 3.05) is 5.32 Å². The van der Waals surface area contributed by atoms with Gasteiger partial charge in [-0.25, -0.2) is 0 Å². The number of nitrogens with zero attached hydrogens (tertiary/aromatic N) is 2. The third-order valence-corrected chi connectivity index (χ3v) is 2.92. The van der Waals surface area contributed by atoms with Crippen LogP contribution in [0.25, 0.3) is 0 Å². The lowest BCUT2D eigenvalue weighted by molar-refractivity contribution is -0.384. The van der Waals surface area contributed by atoms with Crippen molar-refractivity contribution in [3.05, 3.63) is 56.8 Å². The van der Waals surface area contributed by atoms with E-state index in [4.69, 9.17) is 5.11 Å². The SMILES string of the molecule is O=[N+]([O-])c1cc(Br)ccc1NCc1ccc(O)cn1. The molecule has 0 atom stereocenters. The van der Waals surface area contributed by atoms with Gasteiger partial charge in [0.05, 0.1) is 23.4 Å². The van der Waals surface area contributed by atoms with Gasteiger partial charge in [0, 0.05) is 10.5 Å². The minimum atomic E-state index is -0.447. The maximum atomic E-state index is 10.9. The summed E-state index contributed by atoms with van der Waals surface area (Å²) in [6.07, 6.45) is 1.33. The zero-order valence-corrected chi connectivity index (χ0v) is 11.3. The lowest BCUT2D eigenvalue weighted by atomic mass is 10.2. The molecule has 0 bridgehead atoms. The standard InChI is InChI=1S/C12H10BrN3O3/c13-8-1-4-11(12(5-8)16(18)19)15-6-9-2-3-10(17)7-14-9/h1-5,7,15,17H,6H2. The maximum absolute atomic E-state index is 10.9. The first-order valence-corrected chi connectivity index (χ1v) is 6.17. The molecule has 0 aliphatic heterocycles. The predicted molar refractivity (Wildman–Crippen MR) is 74.0 cm³/mol. The van der Waals surface area contributed by atoms with Crippen molar-refractivity contribution in [3.8, 4) is 5.75 Å². The van der Waals surface area contributed by atoms with Crippen molar-refractivity contribution >= 4 is 27.3 Å². The van der Waals surface area contributed by atoms with E-state index in [0.29, 0.717) is 22.4 Å². The normalized spacial score (nSPS) is 10.2. The van der Waals surface area contributed by atoms with Crippen LogP contribution < -0.4 is 5.32 Å². The van der Waals surface area contributed by atoms with E-state index < -0.39 is 4.92 Å². The van der Waals surface area contributed by atoms with Crippen LogP contribution in [0.15, 0.2) is 41.0 Å². The second kappa shape index (κ2) is 5.66. The van der Waals surface area contributed by atoms with Crippen LogP contribution in [0.5, 0.6) is 5.75 Å². The molecule has 0 unspecified atom stereocenters. The van der Waals surface area contributed by atoms with Crippen molar-refractivity contribution in [1.82, 2.24) is 4.98 Å². The number of nitrogens with one attached hydrogen (secondary N) is 1. The molecular weight excluding hydrogens is 314 g/mol. The zero-order chi connectivity index (χ0) is 13.8. The number of aromatic nitrogens is 1. The van der Waals surface area contributed by atoms with Gasteiger partial charge >= 0.3 is 0 Å². The molecule has 6 nitrogen and oxygen atoms in total. The second-order valence-electron chi connectivity index (χ2n) is 3.78. The van der Waals surface area contributed by atoms with E-state index in [1.54, 1.807) is 18.2 Å². The Kier molecular flexibility index (Phi) is 3.96. The van der Waals surface area contributed by atoms with Crippen LogP contribution in [-0.2, 0) is 6.54 Å². The first kappa shape index (κ1) is 13.3. The molecule has 0 aliphatic rings. The molecule has 98 valence electrons. The third kappa shape index (κ3) is 3.41. The van der Waals surface area contributed by atoms with Crippen LogP contribution in [0.2, 0.25) is 0 Å². The highest BCUT2D eigenvalue weighted by molar-refractivity contribution is 9.10. The fourth-order valence-corrected chi connectivity index (χ4v) is 1.86. The van der Waals surface area contributed by atoms with E-state index in [2.05, 4.69) is 26.2 Å². The number of hydrogen-bond acceptors (Lipinski definition) is 5. The van der Waals surface area contributed by atoms with Gasteiger partial charge in [0.1, 0.15) is 11.4 Å². The number of nitro benzene ring substituents is 1. The quantitative estimate of drug-likeness (QED) is 0.666. The Morgan fingerprint density at radius 3 is 2.79 bits per heavy atom. The predicted octanol–water partition coefficient (Wildman–Crippen LogP) is 3.07. The van der Waals surface area contributed by atoms with Gasteiger partial charge in [0.2, 0.25) is 0 Å². The Bertz CT molecular complexity index is 602. The van der Waals surface area contributed by atoms with Gasteiger partial charge in [-0.05, 0) is 24.3 Å². The van der Waals surface area contributed by atoms with Crippen molar-refractivity contribution in [2.45, 2.75) is 6.54 Å². The van der Waals surface area contributed by atoms with Crippen molar-refractivity contribution in [1.29, 1.82) is 0 Å². The van der Waals surface area contributed by atoms with Crippen molar-refractivity contribution < 1.29 is 10.0 Å². The maximum Gasteiger partial charge on any atom is 0.293 e. The zero-order valence-electron chi connectivity index (χ0n) is 9.71. The van der Waals surface area contributed by atoms with Crippen LogP contribution >= 0.6 is 15.9 Å². The highest BCUT2D eigenvalue weighted by Gasteiger charge is 2.13. The molecule has 2 aromatic rings. The van der Waals surface area contributed by atoms with Crippen molar-refractivity contribution in [3.63, 3.8) is 0 Å². The Balaban J connectivity index is 2.15. The summed E-state index contributed by atoms with van der Waals surface area (Å²) in [4.78, 5) is 14.5. The summed E-state index contributed by atoms with van der Waals surface area (Å²) in [5.41, 5.74) is 1.09. The Morgan fingerprint density at radius 1 is 1.37 bits per heavy atom. The van der Waals surface area contributed by atoms with Gasteiger partial charge in [-0.1, -0.05) is 15.9 Å². The number of halogens is 1. The fraction of sp³-hybridized carbons (Fsp3) is 0.0833. The van der Waals surface area contributed by atoms with Gasteiger partial charge < -0.3 is 10.4 Å². The largest absolute Gasteiger partial charge is 0.506 e. The molecule has 0 saturated carbocycles. The molecule has 1 heterocycles. The first-order valence-electron chi connectivity index (χ1n) is 5.38. The number of benzene rings is 1. The number of hydrogen-bond donors (Lipinski definition) is 2. The van der Waals surface area contributed by atoms with Crippen molar-refractivity contribution in [2.24, 2.45) is 0 Å². The molecule has 2 rings (SSSR count). The van der Waals surface area contributed by atoms with Crippen LogP contribution in [0, 0.1) is 10.1 Å². The van der Waals surface area contributed by atoms with E-state index in [9.17, 15) is 10.1 Å². The fourth-order valence-electron chi connectivity index (χ4n) is 1.51. The number of nitro groups is 1. The summed E-state index contributed by atoms with van der Waals surface area (Å²) in [6.45, 7) is 0.336. The lowest BCUT2D eigenvalue weighted by Crippen LogP contribution is -2.03. The minimum absolute atomic E-state index is 0.00634. The number of aromatic hydroxyl groups is 1. The van der Waals surface area contributed by atoms with Gasteiger partial charge in [0.25, 0.3) is 5.69 Å². The van der Waals surface area contributed by atoms with E-state index in [1.807, 2.05) is 0 Å². The molecule has 0 spiro atoms. The van der Waals surface area contributed by atoms with Crippen LogP contribution in [0.3, 0.4) is 0 Å². The van der Waals surface area contributed by atoms with Crippen LogP contribution in [0.1, 0.15) is 5.69 Å². The first-order chi connectivity index (χ1) is 9.06. The minimum Gasteiger partial charge on any atom is -0.506 e. The summed E-state index contributed by atoms with van der Waals surface area (Å²) in [6, 6.07) is 7.95. The highest BCUT2D eigenvalue weighted by Crippen LogP contribution is 2.28. The summed E-state index contributed by atoms with van der Waals surface area (Å²) >= 11 is 3.20. The second-order valence-corrected chi connectivity index (χ2v) is 4.70. The number of anilines is 1. The van der Waals surface area contributed by atoms with Gasteiger partial charge in [-0.2, -0.15) is 0 Å². The summed E-state index contributed by atoms with van der Waals surface area (Å²) in [7, 11) is 0. The van der Waals surface area contributed by atoms with Gasteiger partial charge in [-0.15, -0.1) is 0 Å². The molecule has 0 saturated heterocycles. The Hall–Kier alpha value is -2.15. The number of pyridine rings is 1. The average molecular weight is 324 g/mol. The average Bonchev–Trinajstić information content (AvgIpc) is 2.39. The topological polar surface area (TPSA) is 88.3 Å². The van der Waals surface area contributed by atoms with E-state index in [0.717, 1.165) is 0 Å². The van der Waals surface area contributed by atoms with E-state index >= 15 is 0 Å². The number of rotatable bonds is 4. The smallest absolute Gasteiger partial charge is 0.293 e. The molecule has 0 aliphatic carbocycles. The van der Waals surface area contributed by atoms with Gasteiger partial charge in [-0.3, -0.25) is 15.1 Å². The Morgan fingerprint density at radius 2 is 2.16 bits per heavy atom. The molecule has 1 aromatic heterocycles. The molecule has 0 amide bonds. The highest BCUT2D eigenvalue weighted by atomic mass is 79.9. The monoisotopic (exact) mass is 323 g/mol. The summed E-state index contributed by atoms with van der Waals surface area (Å²) in [5.74, 6) is 0.0818. The molecule has 1 aromatic carbocycles.